The first-order valence-electron chi connectivity index (χ1n) is 9.33. The lowest BCUT2D eigenvalue weighted by atomic mass is 9.84. The van der Waals surface area contributed by atoms with E-state index in [-0.39, 0.29) is 12.0 Å². The van der Waals surface area contributed by atoms with Crippen LogP contribution >= 0.6 is 0 Å². The summed E-state index contributed by atoms with van der Waals surface area (Å²) in [6, 6.07) is 9.85. The van der Waals surface area contributed by atoms with Gasteiger partial charge >= 0.3 is 5.97 Å². The molecule has 2 rings (SSSR count). The maximum Gasteiger partial charge on any atom is 0.331 e. The first-order valence-corrected chi connectivity index (χ1v) is 9.33. The number of carbonyl (C=O) groups excluding carboxylic acids is 1. The Kier molecular flexibility index (Phi) is 6.90. The predicted octanol–water partition coefficient (Wildman–Crippen LogP) is 5.37. The predicted molar refractivity (Wildman–Crippen MR) is 113 cm³/mol. The highest BCUT2D eigenvalue weighted by Gasteiger charge is 2.16. The van der Waals surface area contributed by atoms with Crippen molar-refractivity contribution in [3.63, 3.8) is 0 Å². The van der Waals surface area contributed by atoms with Gasteiger partial charge in [-0.15, -0.1) is 0 Å². The molecule has 0 aliphatic rings. The standard InChI is InChI=1S/C24H30O4/c1-16-13-19(24(3,4)5)14-17(2)20(16)15-28-22(25)12-11-18-9-8-10-21(26-6)23(18)27-7/h8-14H,15H2,1-7H3/b12-11+. The molecule has 2 aromatic carbocycles. The van der Waals surface area contributed by atoms with Crippen LogP contribution in [0.15, 0.2) is 36.4 Å². The molecule has 0 saturated heterocycles. The second-order valence-electron chi connectivity index (χ2n) is 7.86. The third kappa shape index (κ3) is 5.16. The van der Waals surface area contributed by atoms with Gasteiger partial charge < -0.3 is 14.2 Å². The first kappa shape index (κ1) is 21.5. The van der Waals surface area contributed by atoms with Crippen LogP contribution in [0.25, 0.3) is 6.08 Å². The van der Waals surface area contributed by atoms with Crippen molar-refractivity contribution < 1.29 is 19.0 Å². The normalized spacial score (nSPS) is 11.5. The number of para-hydroxylation sites is 1. The summed E-state index contributed by atoms with van der Waals surface area (Å²) in [6.07, 6.45) is 3.08. The molecule has 0 radical (unpaired) electrons. The SMILES string of the molecule is COc1cccc(/C=C/C(=O)OCc2c(C)cc(C(C)(C)C)cc2C)c1OC. The van der Waals surface area contributed by atoms with E-state index in [0.29, 0.717) is 11.5 Å². The van der Waals surface area contributed by atoms with Crippen LogP contribution in [-0.4, -0.2) is 20.2 Å². The Bertz CT molecular complexity index is 850. The highest BCUT2D eigenvalue weighted by Crippen LogP contribution is 2.31. The number of esters is 1. The quantitative estimate of drug-likeness (QED) is 0.497. The molecule has 2 aromatic rings. The van der Waals surface area contributed by atoms with Crippen molar-refractivity contribution in [2.45, 2.75) is 46.6 Å². The van der Waals surface area contributed by atoms with E-state index in [1.165, 1.54) is 11.6 Å². The van der Waals surface area contributed by atoms with Crippen LogP contribution in [0.4, 0.5) is 0 Å². The van der Waals surface area contributed by atoms with E-state index in [0.717, 1.165) is 22.3 Å². The van der Waals surface area contributed by atoms with Crippen molar-refractivity contribution in [2.24, 2.45) is 0 Å². The lowest BCUT2D eigenvalue weighted by molar-refractivity contribution is -0.138. The molecule has 0 aliphatic carbocycles. The van der Waals surface area contributed by atoms with Crippen molar-refractivity contribution in [2.75, 3.05) is 14.2 Å². The first-order chi connectivity index (χ1) is 13.2. The molecule has 0 N–H and O–H groups in total. The summed E-state index contributed by atoms with van der Waals surface area (Å²) in [5.41, 5.74) is 5.44. The minimum atomic E-state index is -0.399. The van der Waals surface area contributed by atoms with Crippen LogP contribution in [0.3, 0.4) is 0 Å². The summed E-state index contributed by atoms with van der Waals surface area (Å²) in [7, 11) is 3.15. The van der Waals surface area contributed by atoms with Crippen LogP contribution in [-0.2, 0) is 21.6 Å². The monoisotopic (exact) mass is 382 g/mol. The van der Waals surface area contributed by atoms with Gasteiger partial charge in [-0.3, -0.25) is 0 Å². The molecule has 0 aliphatic heterocycles. The van der Waals surface area contributed by atoms with Gasteiger partial charge in [-0.05, 0) is 53.7 Å². The van der Waals surface area contributed by atoms with E-state index in [4.69, 9.17) is 14.2 Å². The average Bonchev–Trinajstić information content (AvgIpc) is 2.64. The number of hydrogen-bond donors (Lipinski definition) is 0. The largest absolute Gasteiger partial charge is 0.493 e. The highest BCUT2D eigenvalue weighted by atomic mass is 16.5. The number of ether oxygens (including phenoxy) is 3. The summed E-state index contributed by atoms with van der Waals surface area (Å²) in [5, 5.41) is 0. The molecule has 0 bridgehead atoms. The van der Waals surface area contributed by atoms with Crippen molar-refractivity contribution in [3.05, 3.63) is 64.2 Å². The van der Waals surface area contributed by atoms with Gasteiger partial charge in [-0.1, -0.05) is 45.0 Å². The van der Waals surface area contributed by atoms with Gasteiger partial charge in [-0.25, -0.2) is 4.79 Å². The summed E-state index contributed by atoms with van der Waals surface area (Å²) < 4.78 is 16.1. The van der Waals surface area contributed by atoms with E-state index in [1.807, 2.05) is 12.1 Å². The van der Waals surface area contributed by atoms with Gasteiger partial charge in [0.05, 0.1) is 14.2 Å². The molecule has 0 atom stereocenters. The topological polar surface area (TPSA) is 44.8 Å². The summed E-state index contributed by atoms with van der Waals surface area (Å²) in [6.45, 7) is 10.9. The molecule has 0 amide bonds. The Balaban J connectivity index is 2.11. The molecule has 0 unspecified atom stereocenters. The second-order valence-corrected chi connectivity index (χ2v) is 7.86. The number of carbonyl (C=O) groups is 1. The van der Waals surface area contributed by atoms with Crippen molar-refractivity contribution in [3.8, 4) is 11.5 Å². The Hall–Kier alpha value is -2.75. The van der Waals surface area contributed by atoms with E-state index >= 15 is 0 Å². The van der Waals surface area contributed by atoms with Crippen molar-refractivity contribution >= 4 is 12.0 Å². The smallest absolute Gasteiger partial charge is 0.331 e. The van der Waals surface area contributed by atoms with Crippen molar-refractivity contribution in [1.82, 2.24) is 0 Å². The van der Waals surface area contributed by atoms with E-state index in [1.54, 1.807) is 26.4 Å². The summed E-state index contributed by atoms with van der Waals surface area (Å²) in [4.78, 5) is 12.2. The van der Waals surface area contributed by atoms with E-state index < -0.39 is 5.97 Å². The molecule has 0 aromatic heterocycles. The molecule has 150 valence electrons. The molecule has 0 fully saturated rings. The van der Waals surface area contributed by atoms with Crippen molar-refractivity contribution in [1.29, 1.82) is 0 Å². The van der Waals surface area contributed by atoms with Gasteiger partial charge in [-0.2, -0.15) is 0 Å². The average molecular weight is 383 g/mol. The fourth-order valence-corrected chi connectivity index (χ4v) is 3.05. The summed E-state index contributed by atoms with van der Waals surface area (Å²) in [5.74, 6) is 0.797. The van der Waals surface area contributed by atoms with Crippen LogP contribution in [0.2, 0.25) is 0 Å². The molecule has 4 nitrogen and oxygen atoms in total. The third-order valence-corrected chi connectivity index (χ3v) is 4.75. The Morgan fingerprint density at radius 1 is 1.04 bits per heavy atom. The molecule has 0 spiro atoms. The fourth-order valence-electron chi connectivity index (χ4n) is 3.05. The van der Waals surface area contributed by atoms with Crippen LogP contribution in [0.5, 0.6) is 11.5 Å². The Labute approximate surface area is 168 Å². The number of methoxy groups -OCH3 is 2. The van der Waals surface area contributed by atoms with Gasteiger partial charge in [0.25, 0.3) is 0 Å². The molecule has 28 heavy (non-hydrogen) atoms. The van der Waals surface area contributed by atoms with Crippen LogP contribution in [0, 0.1) is 13.8 Å². The minimum Gasteiger partial charge on any atom is -0.493 e. The van der Waals surface area contributed by atoms with Crippen LogP contribution < -0.4 is 9.47 Å². The molecule has 4 heteroatoms. The lowest BCUT2D eigenvalue weighted by Crippen LogP contribution is -2.13. The maximum absolute atomic E-state index is 12.2. The number of aryl methyl sites for hydroxylation is 2. The summed E-state index contributed by atoms with van der Waals surface area (Å²) >= 11 is 0. The molecular weight excluding hydrogens is 352 g/mol. The maximum atomic E-state index is 12.2. The Morgan fingerprint density at radius 2 is 1.68 bits per heavy atom. The third-order valence-electron chi connectivity index (χ3n) is 4.75. The Morgan fingerprint density at radius 3 is 2.21 bits per heavy atom. The fraction of sp³-hybridized carbons (Fsp3) is 0.375. The number of hydrogen-bond acceptors (Lipinski definition) is 4. The van der Waals surface area contributed by atoms with Gasteiger partial charge in [0.2, 0.25) is 0 Å². The molecule has 0 heterocycles. The van der Waals surface area contributed by atoms with Gasteiger partial charge in [0, 0.05) is 11.6 Å². The van der Waals surface area contributed by atoms with Crippen LogP contribution in [0.1, 0.15) is 48.6 Å². The van der Waals surface area contributed by atoms with E-state index in [9.17, 15) is 4.79 Å². The van der Waals surface area contributed by atoms with Gasteiger partial charge in [0.1, 0.15) is 6.61 Å². The number of rotatable bonds is 6. The minimum absolute atomic E-state index is 0.0866. The van der Waals surface area contributed by atoms with Gasteiger partial charge in [0.15, 0.2) is 11.5 Å². The second kappa shape index (κ2) is 8.96. The molecular formula is C24H30O4. The lowest BCUT2D eigenvalue weighted by Gasteiger charge is -2.22. The van der Waals surface area contributed by atoms with E-state index in [2.05, 4.69) is 46.8 Å². The zero-order valence-electron chi connectivity index (χ0n) is 17.9. The zero-order valence-corrected chi connectivity index (χ0v) is 17.9. The zero-order chi connectivity index (χ0) is 20.9. The highest BCUT2D eigenvalue weighted by molar-refractivity contribution is 5.87. The molecule has 0 saturated carbocycles. The number of benzene rings is 2.